The number of rotatable bonds is 6. The summed E-state index contributed by atoms with van der Waals surface area (Å²) in [6.45, 7) is 6.84. The predicted octanol–water partition coefficient (Wildman–Crippen LogP) is 15.7. The molecule has 0 saturated heterocycles. The first-order chi connectivity index (χ1) is 27.4. The number of fused-ring (bicyclic) bond motifs is 11. The standard InChI is InChI=1S/C54H42N2/c1-54(2,3)37-18-17-25-41(34-37)56(40-23-11-6-12-24-40)43-31-33-49-51(36-43)45-27-14-16-29-47(45)52-48-32-30-42(35-50(48)44-26-13-15-28-46(44)53(49)52)55(38-19-7-4-8-20-38)39-21-9-5-10-22-39/h4-36H,1-3H3. The molecule has 10 aromatic carbocycles. The summed E-state index contributed by atoms with van der Waals surface area (Å²) in [5.74, 6) is 0. The second-order valence-corrected chi connectivity index (χ2v) is 15.8. The summed E-state index contributed by atoms with van der Waals surface area (Å²) < 4.78 is 0. The van der Waals surface area contributed by atoms with Crippen LogP contribution in [0.4, 0.5) is 34.1 Å². The molecule has 0 radical (unpaired) electrons. The first kappa shape index (κ1) is 33.7. The maximum absolute atomic E-state index is 2.41. The highest BCUT2D eigenvalue weighted by Crippen LogP contribution is 2.47. The van der Waals surface area contributed by atoms with Crippen molar-refractivity contribution in [1.29, 1.82) is 0 Å². The smallest absolute Gasteiger partial charge is 0.0468 e. The Morgan fingerprint density at radius 2 is 0.607 bits per heavy atom. The van der Waals surface area contributed by atoms with Crippen molar-refractivity contribution in [2.45, 2.75) is 26.2 Å². The first-order valence-corrected chi connectivity index (χ1v) is 19.5. The fourth-order valence-electron chi connectivity index (χ4n) is 8.66. The summed E-state index contributed by atoms with van der Waals surface area (Å²) in [6.07, 6.45) is 0. The van der Waals surface area contributed by atoms with Crippen molar-refractivity contribution in [2.24, 2.45) is 0 Å². The summed E-state index contributed by atoms with van der Waals surface area (Å²) >= 11 is 0. The van der Waals surface area contributed by atoms with E-state index in [2.05, 4.69) is 231 Å². The van der Waals surface area contributed by atoms with Gasteiger partial charge in [-0.25, -0.2) is 0 Å². The summed E-state index contributed by atoms with van der Waals surface area (Å²) in [6, 6.07) is 73.2. The van der Waals surface area contributed by atoms with E-state index in [0.29, 0.717) is 0 Å². The van der Waals surface area contributed by atoms with Crippen LogP contribution in [0.5, 0.6) is 0 Å². The van der Waals surface area contributed by atoms with Crippen LogP contribution in [0, 0.1) is 0 Å². The van der Waals surface area contributed by atoms with Gasteiger partial charge in [0, 0.05) is 34.1 Å². The zero-order valence-electron chi connectivity index (χ0n) is 31.9. The van der Waals surface area contributed by atoms with E-state index in [1.165, 1.54) is 59.4 Å². The molecule has 0 N–H and O–H groups in total. The van der Waals surface area contributed by atoms with Gasteiger partial charge in [-0.2, -0.15) is 0 Å². The van der Waals surface area contributed by atoms with Gasteiger partial charge in [-0.15, -0.1) is 0 Å². The van der Waals surface area contributed by atoms with Crippen molar-refractivity contribution in [1.82, 2.24) is 0 Å². The minimum absolute atomic E-state index is 0.0306. The van der Waals surface area contributed by atoms with Crippen molar-refractivity contribution in [2.75, 3.05) is 9.80 Å². The Labute approximate surface area is 328 Å². The van der Waals surface area contributed by atoms with Gasteiger partial charge in [-0.1, -0.05) is 148 Å². The van der Waals surface area contributed by atoms with Crippen LogP contribution in [-0.4, -0.2) is 0 Å². The van der Waals surface area contributed by atoms with Gasteiger partial charge >= 0.3 is 0 Å². The Balaban J connectivity index is 1.26. The topological polar surface area (TPSA) is 6.48 Å². The third-order valence-electron chi connectivity index (χ3n) is 11.3. The third-order valence-corrected chi connectivity index (χ3v) is 11.3. The van der Waals surface area contributed by atoms with Gasteiger partial charge in [0.2, 0.25) is 0 Å². The first-order valence-electron chi connectivity index (χ1n) is 19.5. The van der Waals surface area contributed by atoms with Crippen LogP contribution in [-0.2, 0) is 5.41 Å². The Hall–Kier alpha value is -6.90. The second-order valence-electron chi connectivity index (χ2n) is 15.8. The van der Waals surface area contributed by atoms with Crippen LogP contribution in [0.2, 0.25) is 0 Å². The zero-order chi connectivity index (χ0) is 37.8. The summed E-state index contributed by atoms with van der Waals surface area (Å²) in [5, 5.41) is 12.6. The van der Waals surface area contributed by atoms with E-state index in [9.17, 15) is 0 Å². The van der Waals surface area contributed by atoms with Gasteiger partial charge in [-0.05, 0) is 138 Å². The van der Waals surface area contributed by atoms with E-state index in [4.69, 9.17) is 0 Å². The molecule has 0 atom stereocenters. The van der Waals surface area contributed by atoms with E-state index in [-0.39, 0.29) is 5.41 Å². The van der Waals surface area contributed by atoms with Crippen molar-refractivity contribution in [3.05, 3.63) is 206 Å². The van der Waals surface area contributed by atoms with Gasteiger partial charge < -0.3 is 9.80 Å². The Morgan fingerprint density at radius 3 is 1.04 bits per heavy atom. The van der Waals surface area contributed by atoms with Crippen LogP contribution >= 0.6 is 0 Å². The second kappa shape index (κ2) is 13.4. The van der Waals surface area contributed by atoms with Crippen LogP contribution in [0.3, 0.4) is 0 Å². The van der Waals surface area contributed by atoms with Gasteiger partial charge in [0.05, 0.1) is 0 Å². The molecule has 10 rings (SSSR count). The minimum Gasteiger partial charge on any atom is -0.310 e. The highest BCUT2D eigenvalue weighted by molar-refractivity contribution is 6.39. The molecule has 0 unspecified atom stereocenters. The molecule has 0 heterocycles. The van der Waals surface area contributed by atoms with Crippen molar-refractivity contribution >= 4 is 88.0 Å². The van der Waals surface area contributed by atoms with E-state index >= 15 is 0 Å². The number of hydrogen-bond donors (Lipinski definition) is 0. The lowest BCUT2D eigenvalue weighted by atomic mass is 9.86. The summed E-state index contributed by atoms with van der Waals surface area (Å²) in [4.78, 5) is 4.76. The SMILES string of the molecule is CC(C)(C)c1cccc(N(c2ccccc2)c2ccc3c(c2)c2ccccc2c2c4ccc(N(c5ccccc5)c5ccccc5)cc4c4ccccc4c32)c1. The molecule has 268 valence electrons. The average Bonchev–Trinajstić information content (AvgIpc) is 3.25. The highest BCUT2D eigenvalue weighted by atomic mass is 15.1. The van der Waals surface area contributed by atoms with E-state index < -0.39 is 0 Å². The molecular formula is C54H42N2. The number of hydrogen-bond acceptors (Lipinski definition) is 2. The lowest BCUT2D eigenvalue weighted by molar-refractivity contribution is 0.590. The van der Waals surface area contributed by atoms with Crippen LogP contribution in [0.25, 0.3) is 53.9 Å². The summed E-state index contributed by atoms with van der Waals surface area (Å²) in [7, 11) is 0. The normalized spacial score (nSPS) is 11.8. The van der Waals surface area contributed by atoms with Crippen molar-refractivity contribution in [3.8, 4) is 0 Å². The van der Waals surface area contributed by atoms with Crippen molar-refractivity contribution in [3.63, 3.8) is 0 Å². The molecule has 0 bridgehead atoms. The summed E-state index contributed by atoms with van der Waals surface area (Å²) in [5.41, 5.74) is 8.15. The Morgan fingerprint density at radius 1 is 0.268 bits per heavy atom. The quantitative estimate of drug-likeness (QED) is 0.158. The molecule has 0 fully saturated rings. The molecule has 0 saturated carbocycles. The van der Waals surface area contributed by atoms with Crippen LogP contribution in [0.1, 0.15) is 26.3 Å². The fourth-order valence-corrected chi connectivity index (χ4v) is 8.66. The molecule has 10 aromatic rings. The predicted molar refractivity (Wildman–Crippen MR) is 242 cm³/mol. The largest absolute Gasteiger partial charge is 0.310 e. The average molecular weight is 719 g/mol. The Kier molecular flexibility index (Phi) is 8.08. The number of benzene rings is 10. The van der Waals surface area contributed by atoms with Gasteiger partial charge in [0.1, 0.15) is 0 Å². The van der Waals surface area contributed by atoms with Gasteiger partial charge in [-0.3, -0.25) is 0 Å². The van der Waals surface area contributed by atoms with Crippen LogP contribution < -0.4 is 9.80 Å². The molecule has 2 heteroatoms. The van der Waals surface area contributed by atoms with E-state index in [1.807, 2.05) is 0 Å². The maximum Gasteiger partial charge on any atom is 0.0468 e. The molecule has 0 aliphatic rings. The lowest BCUT2D eigenvalue weighted by Crippen LogP contribution is -2.14. The van der Waals surface area contributed by atoms with Gasteiger partial charge in [0.25, 0.3) is 0 Å². The van der Waals surface area contributed by atoms with E-state index in [1.54, 1.807) is 0 Å². The molecule has 0 spiro atoms. The zero-order valence-corrected chi connectivity index (χ0v) is 31.9. The van der Waals surface area contributed by atoms with Crippen molar-refractivity contribution < 1.29 is 0 Å². The molecular weight excluding hydrogens is 677 g/mol. The number of nitrogens with zero attached hydrogens (tertiary/aromatic N) is 2. The molecule has 2 nitrogen and oxygen atoms in total. The third kappa shape index (κ3) is 5.65. The highest BCUT2D eigenvalue weighted by Gasteiger charge is 2.21. The fraction of sp³-hybridized carbons (Fsp3) is 0.0741. The van der Waals surface area contributed by atoms with Crippen LogP contribution in [0.15, 0.2) is 200 Å². The molecule has 0 aliphatic heterocycles. The Bertz CT molecular complexity index is 3010. The number of para-hydroxylation sites is 3. The monoisotopic (exact) mass is 718 g/mol. The maximum atomic E-state index is 2.41. The molecule has 0 amide bonds. The lowest BCUT2D eigenvalue weighted by Gasteiger charge is -2.28. The molecule has 0 aromatic heterocycles. The number of anilines is 6. The molecule has 0 aliphatic carbocycles. The van der Waals surface area contributed by atoms with E-state index in [0.717, 1.165) is 34.1 Å². The molecule has 56 heavy (non-hydrogen) atoms. The minimum atomic E-state index is 0.0306. The van der Waals surface area contributed by atoms with Gasteiger partial charge in [0.15, 0.2) is 0 Å².